The number of nitrogens with zero attached hydrogens (tertiary/aromatic N) is 3. The molecule has 1 N–H and O–H groups in total. The fourth-order valence-electron chi connectivity index (χ4n) is 4.40. The van der Waals surface area contributed by atoms with Crippen LogP contribution in [0, 0.1) is 0 Å². The summed E-state index contributed by atoms with van der Waals surface area (Å²) in [7, 11) is 0. The van der Waals surface area contributed by atoms with Gasteiger partial charge in [0.25, 0.3) is 0 Å². The lowest BCUT2D eigenvalue weighted by Crippen LogP contribution is -2.51. The molecule has 2 aromatic rings. The first kappa shape index (κ1) is 18.9. The van der Waals surface area contributed by atoms with E-state index in [0.717, 1.165) is 26.1 Å². The Hall–Kier alpha value is -2.44. The highest BCUT2D eigenvalue weighted by Gasteiger charge is 2.33. The highest BCUT2D eigenvalue weighted by Crippen LogP contribution is 2.21. The van der Waals surface area contributed by atoms with Gasteiger partial charge in [0.05, 0.1) is 6.54 Å². The molecule has 1 atom stereocenters. The van der Waals surface area contributed by atoms with E-state index in [1.54, 1.807) is 0 Å². The van der Waals surface area contributed by atoms with Crippen LogP contribution in [0.15, 0.2) is 42.5 Å². The molecule has 2 aliphatic rings. The Morgan fingerprint density at radius 1 is 0.964 bits per heavy atom. The smallest absolute Gasteiger partial charge is 0.320 e. The van der Waals surface area contributed by atoms with Gasteiger partial charge in [0, 0.05) is 32.7 Å². The van der Waals surface area contributed by atoms with Gasteiger partial charge in [-0.2, -0.15) is 0 Å². The lowest BCUT2D eigenvalue weighted by atomic mass is 10.0. The molecule has 0 aromatic heterocycles. The molecule has 0 aliphatic carbocycles. The van der Waals surface area contributed by atoms with Gasteiger partial charge in [-0.15, -0.1) is 0 Å². The van der Waals surface area contributed by atoms with E-state index in [1.807, 2.05) is 9.80 Å². The molecule has 6 nitrogen and oxygen atoms in total. The lowest BCUT2D eigenvalue weighted by molar-refractivity contribution is -0.143. The van der Waals surface area contributed by atoms with Crippen LogP contribution in [0.1, 0.15) is 18.4 Å². The molecular weight excluding hydrogens is 354 g/mol. The minimum atomic E-state index is -0.815. The van der Waals surface area contributed by atoms with Crippen LogP contribution >= 0.6 is 0 Å². The second-order valence-corrected chi connectivity index (χ2v) is 7.76. The van der Waals surface area contributed by atoms with Crippen molar-refractivity contribution in [1.82, 2.24) is 14.7 Å². The molecule has 0 bridgehead atoms. The molecule has 2 fully saturated rings. The minimum Gasteiger partial charge on any atom is -0.480 e. The Morgan fingerprint density at radius 2 is 1.71 bits per heavy atom. The van der Waals surface area contributed by atoms with Crippen molar-refractivity contribution in [3.63, 3.8) is 0 Å². The van der Waals surface area contributed by atoms with Gasteiger partial charge in [0.2, 0.25) is 5.91 Å². The summed E-state index contributed by atoms with van der Waals surface area (Å²) < 4.78 is 0. The number of aliphatic carboxylic acids is 1. The molecular formula is C22H27N3O3. The van der Waals surface area contributed by atoms with Crippen molar-refractivity contribution in [2.45, 2.75) is 25.4 Å². The van der Waals surface area contributed by atoms with Crippen molar-refractivity contribution in [2.24, 2.45) is 0 Å². The quantitative estimate of drug-likeness (QED) is 0.859. The molecule has 0 spiro atoms. The maximum absolute atomic E-state index is 12.6. The van der Waals surface area contributed by atoms with Gasteiger partial charge in [0.1, 0.15) is 6.04 Å². The second kappa shape index (κ2) is 8.29. The highest BCUT2D eigenvalue weighted by molar-refractivity contribution is 5.85. The number of carboxylic acid groups (broad SMARTS) is 1. The zero-order valence-corrected chi connectivity index (χ0v) is 16.1. The summed E-state index contributed by atoms with van der Waals surface area (Å²) in [6.07, 6.45) is 1.49. The van der Waals surface area contributed by atoms with Crippen LogP contribution in [0.4, 0.5) is 0 Å². The first-order chi connectivity index (χ1) is 13.6. The highest BCUT2D eigenvalue weighted by atomic mass is 16.4. The summed E-state index contributed by atoms with van der Waals surface area (Å²) in [6.45, 7) is 4.90. The Balaban J connectivity index is 1.32. The maximum atomic E-state index is 12.6. The van der Waals surface area contributed by atoms with Crippen LogP contribution in [0.25, 0.3) is 10.8 Å². The minimum absolute atomic E-state index is 0.0537. The van der Waals surface area contributed by atoms with Crippen LogP contribution in [-0.4, -0.2) is 77.0 Å². The topological polar surface area (TPSA) is 64.1 Å². The van der Waals surface area contributed by atoms with Crippen LogP contribution in [0.2, 0.25) is 0 Å². The SMILES string of the molecule is O=C(O)[C@@H]1CCCN1CC(=O)N1CCN(Cc2cccc3ccccc23)CC1. The van der Waals surface area contributed by atoms with Crippen LogP contribution in [0.3, 0.4) is 0 Å². The van der Waals surface area contributed by atoms with Gasteiger partial charge in [-0.3, -0.25) is 19.4 Å². The van der Waals surface area contributed by atoms with Crippen molar-refractivity contribution in [3.8, 4) is 0 Å². The predicted molar refractivity (Wildman–Crippen MR) is 108 cm³/mol. The van der Waals surface area contributed by atoms with Gasteiger partial charge in [-0.1, -0.05) is 42.5 Å². The standard InChI is InChI=1S/C22H27N3O3/c26-21(16-25-10-4-9-20(25)22(27)28)24-13-11-23(12-14-24)15-18-7-3-6-17-5-1-2-8-19(17)18/h1-3,5-8,20H,4,9-16H2,(H,27,28)/t20-/m0/s1. The molecule has 1 amide bonds. The monoisotopic (exact) mass is 381 g/mol. The van der Waals surface area contributed by atoms with E-state index < -0.39 is 12.0 Å². The maximum Gasteiger partial charge on any atom is 0.320 e. The largest absolute Gasteiger partial charge is 0.480 e. The third-order valence-corrected chi connectivity index (χ3v) is 5.99. The molecule has 6 heteroatoms. The molecule has 0 radical (unpaired) electrons. The number of carbonyl (C=O) groups excluding carboxylic acids is 1. The molecule has 0 saturated carbocycles. The summed E-state index contributed by atoms with van der Waals surface area (Å²) in [6, 6.07) is 14.4. The number of carboxylic acids is 1. The summed E-state index contributed by atoms with van der Waals surface area (Å²) in [5, 5.41) is 11.8. The number of hydrogen-bond donors (Lipinski definition) is 1. The summed E-state index contributed by atoms with van der Waals surface area (Å²) in [5.41, 5.74) is 1.32. The normalized spacial score (nSPS) is 21.3. The Labute approximate surface area is 165 Å². The van der Waals surface area contributed by atoms with Gasteiger partial charge in [-0.25, -0.2) is 0 Å². The first-order valence-electron chi connectivity index (χ1n) is 10.1. The summed E-state index contributed by atoms with van der Waals surface area (Å²) >= 11 is 0. The molecule has 0 unspecified atom stereocenters. The predicted octanol–water partition coefficient (Wildman–Crippen LogP) is 2.03. The molecule has 4 rings (SSSR count). The van der Waals surface area contributed by atoms with Gasteiger partial charge >= 0.3 is 5.97 Å². The number of carbonyl (C=O) groups is 2. The van der Waals surface area contributed by atoms with Crippen molar-refractivity contribution in [3.05, 3.63) is 48.0 Å². The van der Waals surface area contributed by atoms with E-state index in [9.17, 15) is 14.7 Å². The fraction of sp³-hybridized carbons (Fsp3) is 0.455. The second-order valence-electron chi connectivity index (χ2n) is 7.76. The first-order valence-corrected chi connectivity index (χ1v) is 10.1. The van der Waals surface area contributed by atoms with Crippen molar-refractivity contribution < 1.29 is 14.7 Å². The van der Waals surface area contributed by atoms with E-state index in [4.69, 9.17) is 0 Å². The van der Waals surface area contributed by atoms with Crippen molar-refractivity contribution in [1.29, 1.82) is 0 Å². The van der Waals surface area contributed by atoms with E-state index >= 15 is 0 Å². The van der Waals surface area contributed by atoms with Crippen molar-refractivity contribution in [2.75, 3.05) is 39.3 Å². The van der Waals surface area contributed by atoms with Gasteiger partial charge in [-0.05, 0) is 35.7 Å². The van der Waals surface area contributed by atoms with E-state index in [2.05, 4.69) is 47.4 Å². The number of rotatable bonds is 5. The lowest BCUT2D eigenvalue weighted by Gasteiger charge is -2.36. The van der Waals surface area contributed by atoms with Gasteiger partial charge in [0.15, 0.2) is 0 Å². The Bertz CT molecular complexity index is 856. The molecule has 28 heavy (non-hydrogen) atoms. The summed E-state index contributed by atoms with van der Waals surface area (Å²) in [4.78, 5) is 30.0. The fourth-order valence-corrected chi connectivity index (χ4v) is 4.40. The average molecular weight is 381 g/mol. The van der Waals surface area contributed by atoms with Crippen LogP contribution < -0.4 is 0 Å². The van der Waals surface area contributed by atoms with Crippen LogP contribution in [0.5, 0.6) is 0 Å². The number of piperazine rings is 1. The molecule has 2 aliphatic heterocycles. The number of amides is 1. The number of hydrogen-bond acceptors (Lipinski definition) is 4. The number of likely N-dealkylation sites (tertiary alicyclic amines) is 1. The van der Waals surface area contributed by atoms with E-state index in [0.29, 0.717) is 26.1 Å². The molecule has 2 heterocycles. The third-order valence-electron chi connectivity index (χ3n) is 5.99. The number of fused-ring (bicyclic) bond motifs is 1. The van der Waals surface area contributed by atoms with E-state index in [-0.39, 0.29) is 12.5 Å². The third kappa shape index (κ3) is 4.03. The summed E-state index contributed by atoms with van der Waals surface area (Å²) in [5.74, 6) is -0.761. The average Bonchev–Trinajstić information content (AvgIpc) is 3.17. The van der Waals surface area contributed by atoms with E-state index in [1.165, 1.54) is 16.3 Å². The van der Waals surface area contributed by atoms with Crippen molar-refractivity contribution >= 4 is 22.6 Å². The van der Waals surface area contributed by atoms with Gasteiger partial charge < -0.3 is 10.0 Å². The zero-order valence-electron chi connectivity index (χ0n) is 16.1. The number of benzene rings is 2. The Kier molecular flexibility index (Phi) is 5.59. The Morgan fingerprint density at radius 3 is 2.50 bits per heavy atom. The van der Waals surface area contributed by atoms with Crippen LogP contribution in [-0.2, 0) is 16.1 Å². The molecule has 2 saturated heterocycles. The molecule has 2 aromatic carbocycles. The molecule has 148 valence electrons. The zero-order chi connectivity index (χ0) is 19.5.